The molecule has 2 aromatic carbocycles. The van der Waals surface area contributed by atoms with Gasteiger partial charge in [-0.15, -0.1) is 0 Å². The minimum Gasteiger partial charge on any atom is -0.497 e. The molecule has 0 aliphatic rings. The van der Waals surface area contributed by atoms with Crippen LogP contribution in [0.3, 0.4) is 0 Å². The average Bonchev–Trinajstić information content (AvgIpc) is 2.54. The second-order valence-corrected chi connectivity index (χ2v) is 6.18. The predicted molar refractivity (Wildman–Crippen MR) is 83.8 cm³/mol. The van der Waals surface area contributed by atoms with Gasteiger partial charge in [0.05, 0.1) is 14.2 Å². The molecule has 0 radical (unpaired) electrons. The lowest BCUT2D eigenvalue weighted by Crippen LogP contribution is -2.10. The van der Waals surface area contributed by atoms with Crippen molar-refractivity contribution in [2.75, 3.05) is 14.2 Å². The molecule has 0 atom stereocenters. The van der Waals surface area contributed by atoms with Crippen LogP contribution < -0.4 is 13.7 Å². The number of benzene rings is 2. The first kappa shape index (κ1) is 16.8. The zero-order chi connectivity index (χ0) is 17.0. The third kappa shape index (κ3) is 3.81. The maximum absolute atomic E-state index is 12.3. The summed E-state index contributed by atoms with van der Waals surface area (Å²) >= 11 is 0. The number of ketones is 1. The Bertz CT molecular complexity index is 809. The van der Waals surface area contributed by atoms with Crippen LogP contribution in [-0.2, 0) is 10.1 Å². The van der Waals surface area contributed by atoms with Crippen molar-refractivity contribution in [1.82, 2.24) is 0 Å². The molecule has 23 heavy (non-hydrogen) atoms. The Hall–Kier alpha value is -2.54. The van der Waals surface area contributed by atoms with Gasteiger partial charge in [-0.2, -0.15) is 8.42 Å². The van der Waals surface area contributed by atoms with E-state index in [0.717, 1.165) is 0 Å². The van der Waals surface area contributed by atoms with E-state index < -0.39 is 10.1 Å². The number of rotatable bonds is 6. The number of methoxy groups -OCH3 is 2. The second kappa shape index (κ2) is 6.70. The van der Waals surface area contributed by atoms with Crippen LogP contribution in [0.2, 0.25) is 0 Å². The number of ether oxygens (including phenoxy) is 2. The Morgan fingerprint density at radius 2 is 1.57 bits per heavy atom. The maximum atomic E-state index is 12.3. The number of Topliss-reactive ketones (excluding diaryl/α,β-unsaturated/α-hetero) is 1. The van der Waals surface area contributed by atoms with Gasteiger partial charge >= 0.3 is 10.1 Å². The van der Waals surface area contributed by atoms with Crippen LogP contribution in [0.5, 0.6) is 17.2 Å². The summed E-state index contributed by atoms with van der Waals surface area (Å²) in [5.74, 6) is 0.545. The summed E-state index contributed by atoms with van der Waals surface area (Å²) in [4.78, 5) is 11.3. The fraction of sp³-hybridized carbons (Fsp3) is 0.188. The molecule has 0 aromatic heterocycles. The van der Waals surface area contributed by atoms with E-state index in [-0.39, 0.29) is 22.2 Å². The van der Waals surface area contributed by atoms with Gasteiger partial charge in [0, 0.05) is 5.56 Å². The lowest BCUT2D eigenvalue weighted by atomic mass is 10.1. The van der Waals surface area contributed by atoms with Gasteiger partial charge in [0.2, 0.25) is 0 Å². The van der Waals surface area contributed by atoms with Crippen molar-refractivity contribution in [3.8, 4) is 17.2 Å². The molecule has 2 rings (SSSR count). The summed E-state index contributed by atoms with van der Waals surface area (Å²) in [7, 11) is -1.17. The smallest absolute Gasteiger partial charge is 0.339 e. The highest BCUT2D eigenvalue weighted by Gasteiger charge is 2.19. The highest BCUT2D eigenvalue weighted by atomic mass is 32.2. The van der Waals surface area contributed by atoms with E-state index in [1.165, 1.54) is 63.6 Å². The Balaban J connectivity index is 2.34. The molecule has 0 fully saturated rings. The molecule has 0 bridgehead atoms. The number of hydrogen-bond acceptors (Lipinski definition) is 6. The first-order chi connectivity index (χ1) is 10.9. The maximum Gasteiger partial charge on any atom is 0.339 e. The van der Waals surface area contributed by atoms with Gasteiger partial charge < -0.3 is 13.7 Å². The highest BCUT2D eigenvalue weighted by molar-refractivity contribution is 7.87. The standard InChI is InChI=1S/C16H16O6S/c1-11(17)12-4-9-15(16(10-12)21-3)22-23(18,19)14-7-5-13(20-2)6-8-14/h4-10H,1-3H3. The molecule has 0 aliphatic carbocycles. The van der Waals surface area contributed by atoms with Gasteiger partial charge in [-0.05, 0) is 49.4 Å². The van der Waals surface area contributed by atoms with Gasteiger partial charge in [-0.3, -0.25) is 4.79 Å². The van der Waals surface area contributed by atoms with Crippen molar-refractivity contribution in [2.45, 2.75) is 11.8 Å². The molecule has 0 saturated carbocycles. The molecule has 0 aliphatic heterocycles. The van der Waals surface area contributed by atoms with E-state index >= 15 is 0 Å². The van der Waals surface area contributed by atoms with Crippen molar-refractivity contribution >= 4 is 15.9 Å². The van der Waals surface area contributed by atoms with Crippen LogP contribution in [-0.4, -0.2) is 28.4 Å². The van der Waals surface area contributed by atoms with Crippen LogP contribution in [0, 0.1) is 0 Å². The Kier molecular flexibility index (Phi) is 4.90. The minimum absolute atomic E-state index is 0.00770. The van der Waals surface area contributed by atoms with Gasteiger partial charge in [-0.25, -0.2) is 0 Å². The summed E-state index contributed by atoms with van der Waals surface area (Å²) in [5, 5.41) is 0. The first-order valence-corrected chi connectivity index (χ1v) is 8.05. The molecular weight excluding hydrogens is 320 g/mol. The fourth-order valence-corrected chi connectivity index (χ4v) is 2.80. The Labute approximate surface area is 134 Å². The van der Waals surface area contributed by atoms with Crippen molar-refractivity contribution in [2.24, 2.45) is 0 Å². The van der Waals surface area contributed by atoms with Crippen LogP contribution in [0.25, 0.3) is 0 Å². The second-order valence-electron chi connectivity index (χ2n) is 4.63. The molecule has 0 unspecified atom stereocenters. The van der Waals surface area contributed by atoms with Crippen LogP contribution in [0.1, 0.15) is 17.3 Å². The Morgan fingerprint density at radius 3 is 2.09 bits per heavy atom. The molecular formula is C16H16O6S. The zero-order valence-electron chi connectivity index (χ0n) is 12.9. The van der Waals surface area contributed by atoms with Crippen molar-refractivity contribution in [3.05, 3.63) is 48.0 Å². The van der Waals surface area contributed by atoms with Gasteiger partial charge in [0.1, 0.15) is 10.6 Å². The third-order valence-electron chi connectivity index (χ3n) is 3.12. The van der Waals surface area contributed by atoms with Gasteiger partial charge in [0.25, 0.3) is 0 Å². The molecule has 2 aromatic rings. The number of carbonyl (C=O) groups excluding carboxylic acids is 1. The summed E-state index contributed by atoms with van der Waals surface area (Å²) < 4.78 is 39.8. The predicted octanol–water partition coefficient (Wildman–Crippen LogP) is 2.67. The van der Waals surface area contributed by atoms with E-state index in [4.69, 9.17) is 13.7 Å². The molecule has 0 amide bonds. The summed E-state index contributed by atoms with van der Waals surface area (Å²) in [6.45, 7) is 1.41. The molecule has 6 nitrogen and oxygen atoms in total. The molecule has 0 heterocycles. The zero-order valence-corrected chi connectivity index (χ0v) is 13.7. The molecule has 122 valence electrons. The molecule has 7 heteroatoms. The molecule has 0 saturated heterocycles. The highest BCUT2D eigenvalue weighted by Crippen LogP contribution is 2.31. The number of hydrogen-bond donors (Lipinski definition) is 0. The van der Waals surface area contributed by atoms with E-state index in [1.807, 2.05) is 0 Å². The van der Waals surface area contributed by atoms with Crippen LogP contribution in [0.15, 0.2) is 47.4 Å². The lowest BCUT2D eigenvalue weighted by Gasteiger charge is -2.11. The van der Waals surface area contributed by atoms with Crippen LogP contribution in [0.4, 0.5) is 0 Å². The van der Waals surface area contributed by atoms with Crippen LogP contribution >= 0.6 is 0 Å². The fourth-order valence-electron chi connectivity index (χ4n) is 1.86. The largest absolute Gasteiger partial charge is 0.497 e. The van der Waals surface area contributed by atoms with E-state index in [0.29, 0.717) is 11.3 Å². The molecule has 0 N–H and O–H groups in total. The third-order valence-corrected chi connectivity index (χ3v) is 4.37. The van der Waals surface area contributed by atoms with E-state index in [9.17, 15) is 13.2 Å². The topological polar surface area (TPSA) is 78.9 Å². The van der Waals surface area contributed by atoms with Crippen molar-refractivity contribution < 1.29 is 26.9 Å². The summed E-state index contributed by atoms with van der Waals surface area (Å²) in [5.41, 5.74) is 0.399. The van der Waals surface area contributed by atoms with Gasteiger partial charge in [-0.1, -0.05) is 0 Å². The normalized spacial score (nSPS) is 10.9. The lowest BCUT2D eigenvalue weighted by molar-refractivity contribution is 0.101. The van der Waals surface area contributed by atoms with E-state index in [1.54, 1.807) is 0 Å². The SMILES string of the molecule is COc1ccc(S(=O)(=O)Oc2ccc(C(C)=O)cc2OC)cc1. The monoisotopic (exact) mass is 336 g/mol. The first-order valence-electron chi connectivity index (χ1n) is 6.65. The molecule has 0 spiro atoms. The minimum atomic E-state index is -4.02. The summed E-state index contributed by atoms with van der Waals surface area (Å²) in [6, 6.07) is 10.1. The van der Waals surface area contributed by atoms with E-state index in [2.05, 4.69) is 0 Å². The number of carbonyl (C=O) groups is 1. The van der Waals surface area contributed by atoms with Crippen molar-refractivity contribution in [1.29, 1.82) is 0 Å². The van der Waals surface area contributed by atoms with Crippen molar-refractivity contribution in [3.63, 3.8) is 0 Å². The summed E-state index contributed by atoms with van der Waals surface area (Å²) in [6.07, 6.45) is 0. The quantitative estimate of drug-likeness (QED) is 0.596. The average molecular weight is 336 g/mol. The Morgan fingerprint density at radius 1 is 0.913 bits per heavy atom. The van der Waals surface area contributed by atoms with Gasteiger partial charge in [0.15, 0.2) is 17.3 Å².